The second kappa shape index (κ2) is 10.6. The van der Waals surface area contributed by atoms with Gasteiger partial charge in [0.05, 0.1) is 17.8 Å². The molecule has 0 saturated carbocycles. The number of methoxy groups -OCH3 is 1. The van der Waals surface area contributed by atoms with Crippen LogP contribution in [0.5, 0.6) is 5.75 Å². The Bertz CT molecular complexity index is 1130. The number of nitrogens with zero attached hydrogens (tertiary/aromatic N) is 4. The lowest BCUT2D eigenvalue weighted by atomic mass is 10.0. The van der Waals surface area contributed by atoms with E-state index in [1.54, 1.807) is 30.3 Å². The third kappa shape index (κ3) is 5.80. The number of ether oxygens (including phenoxy) is 1. The van der Waals surface area contributed by atoms with Gasteiger partial charge in [-0.05, 0) is 30.3 Å². The molecule has 0 spiro atoms. The van der Waals surface area contributed by atoms with Crippen LogP contribution in [0.4, 0.5) is 0 Å². The van der Waals surface area contributed by atoms with Gasteiger partial charge in [-0.1, -0.05) is 28.5 Å². The molecule has 0 fully saturated rings. The highest BCUT2D eigenvalue weighted by atomic mass is 32.2. The zero-order valence-corrected chi connectivity index (χ0v) is 17.1. The molecule has 0 aliphatic heterocycles. The van der Waals surface area contributed by atoms with Crippen LogP contribution >= 0.6 is 0 Å². The van der Waals surface area contributed by atoms with Gasteiger partial charge in [-0.15, -0.1) is 0 Å². The van der Waals surface area contributed by atoms with Crippen molar-refractivity contribution in [1.82, 2.24) is 0 Å². The Balaban J connectivity index is 2.08. The normalized spacial score (nSPS) is 11.9. The van der Waals surface area contributed by atoms with E-state index in [1.807, 2.05) is 12.1 Å². The van der Waals surface area contributed by atoms with Gasteiger partial charge >= 0.3 is 0 Å². The molecule has 2 aromatic rings. The first-order valence-electron chi connectivity index (χ1n) is 8.54. The van der Waals surface area contributed by atoms with Crippen molar-refractivity contribution in [2.24, 2.45) is 10.3 Å². The Kier molecular flexibility index (Phi) is 7.91. The van der Waals surface area contributed by atoms with Crippen LogP contribution in [0.25, 0.3) is 0 Å². The van der Waals surface area contributed by atoms with E-state index in [4.69, 9.17) is 14.8 Å². The van der Waals surface area contributed by atoms with Crippen LogP contribution in [0.3, 0.4) is 0 Å². The maximum absolute atomic E-state index is 12.3. The van der Waals surface area contributed by atoms with Crippen molar-refractivity contribution in [2.45, 2.75) is 4.90 Å². The smallest absolute Gasteiger partial charge is 0.186 e. The number of nitriles is 2. The van der Waals surface area contributed by atoms with Gasteiger partial charge in [0, 0.05) is 11.1 Å². The summed E-state index contributed by atoms with van der Waals surface area (Å²) >= 11 is 0. The Labute approximate surface area is 174 Å². The minimum atomic E-state index is -3.58. The summed E-state index contributed by atoms with van der Waals surface area (Å²) in [6, 6.07) is 16.1. The third-order valence-corrected chi connectivity index (χ3v) is 5.52. The van der Waals surface area contributed by atoms with Crippen molar-refractivity contribution in [2.75, 3.05) is 26.6 Å². The molecule has 0 heterocycles. The first kappa shape index (κ1) is 22.4. The van der Waals surface area contributed by atoms with Crippen LogP contribution in [0.2, 0.25) is 0 Å². The van der Waals surface area contributed by atoms with Crippen LogP contribution < -0.4 is 4.74 Å². The molecule has 2 rings (SSSR count). The van der Waals surface area contributed by atoms with E-state index >= 15 is 0 Å². The Hall–Kier alpha value is -3.89. The monoisotopic (exact) mass is 426 g/mol. The molecule has 0 radical (unpaired) electrons. The van der Waals surface area contributed by atoms with Gasteiger partial charge in [0.1, 0.15) is 31.6 Å². The molecule has 154 valence electrons. The molecule has 0 amide bonds. The van der Waals surface area contributed by atoms with Crippen molar-refractivity contribution in [1.29, 1.82) is 10.5 Å². The average Bonchev–Trinajstić information content (AvgIpc) is 2.77. The van der Waals surface area contributed by atoms with Gasteiger partial charge in [0.2, 0.25) is 0 Å². The fourth-order valence-electron chi connectivity index (χ4n) is 2.34. The Morgan fingerprint density at radius 3 is 2.10 bits per heavy atom. The fourth-order valence-corrected chi connectivity index (χ4v) is 3.42. The minimum absolute atomic E-state index is 0.0307. The van der Waals surface area contributed by atoms with E-state index < -0.39 is 9.84 Å². The standard InChI is InChI=1S/C20H18N4O5S/c1-27-17-6-8-18(9-7-17)30(25,26)11-10-29-24-20(14-22)16-5-3-4-15(12-16)19(13-21)23-28-2/h3-9,12H,10-11H2,1-2H3/b23-19+,24-20-. The highest BCUT2D eigenvalue weighted by molar-refractivity contribution is 7.91. The average molecular weight is 426 g/mol. The largest absolute Gasteiger partial charge is 0.497 e. The van der Waals surface area contributed by atoms with Crippen LogP contribution in [0.15, 0.2) is 63.7 Å². The summed E-state index contributed by atoms with van der Waals surface area (Å²) in [6.07, 6.45) is 0. The molecule has 30 heavy (non-hydrogen) atoms. The molecule has 0 unspecified atom stereocenters. The summed E-state index contributed by atoms with van der Waals surface area (Å²) in [5, 5.41) is 25.8. The lowest BCUT2D eigenvalue weighted by Gasteiger charge is -2.06. The maximum Gasteiger partial charge on any atom is 0.186 e. The molecule has 9 nitrogen and oxygen atoms in total. The maximum atomic E-state index is 12.3. The molecule has 2 aromatic carbocycles. The van der Waals surface area contributed by atoms with Gasteiger partial charge in [-0.3, -0.25) is 0 Å². The molecule has 0 saturated heterocycles. The van der Waals surface area contributed by atoms with Gasteiger partial charge in [0.25, 0.3) is 0 Å². The van der Waals surface area contributed by atoms with E-state index in [-0.39, 0.29) is 28.7 Å². The van der Waals surface area contributed by atoms with Crippen molar-refractivity contribution < 1.29 is 22.8 Å². The second-order valence-corrected chi connectivity index (χ2v) is 7.80. The van der Waals surface area contributed by atoms with E-state index in [0.717, 1.165) is 0 Å². The molecule has 0 bridgehead atoms. The van der Waals surface area contributed by atoms with Crippen molar-refractivity contribution in [3.8, 4) is 17.9 Å². The highest BCUT2D eigenvalue weighted by Crippen LogP contribution is 2.16. The second-order valence-electron chi connectivity index (χ2n) is 5.69. The molecule has 0 N–H and O–H groups in total. The Morgan fingerprint density at radius 1 is 0.967 bits per heavy atom. The summed E-state index contributed by atoms with van der Waals surface area (Å²) in [7, 11) is -0.775. The number of oxime groups is 2. The summed E-state index contributed by atoms with van der Waals surface area (Å²) in [4.78, 5) is 9.81. The summed E-state index contributed by atoms with van der Waals surface area (Å²) < 4.78 is 29.7. The number of benzene rings is 2. The van der Waals surface area contributed by atoms with Crippen molar-refractivity contribution in [3.63, 3.8) is 0 Å². The number of sulfone groups is 1. The first-order valence-corrected chi connectivity index (χ1v) is 10.2. The van der Waals surface area contributed by atoms with Crippen LogP contribution in [-0.2, 0) is 19.5 Å². The minimum Gasteiger partial charge on any atom is -0.497 e. The number of rotatable bonds is 9. The van der Waals surface area contributed by atoms with Crippen molar-refractivity contribution >= 4 is 21.3 Å². The summed E-state index contributed by atoms with van der Waals surface area (Å²) in [5.41, 5.74) is 0.769. The summed E-state index contributed by atoms with van der Waals surface area (Å²) in [5.74, 6) is 0.228. The van der Waals surface area contributed by atoms with Gasteiger partial charge in [-0.25, -0.2) is 8.42 Å². The molecule has 0 aliphatic carbocycles. The van der Waals surface area contributed by atoms with Gasteiger partial charge in [-0.2, -0.15) is 10.5 Å². The van der Waals surface area contributed by atoms with Gasteiger partial charge in [0.15, 0.2) is 21.3 Å². The van der Waals surface area contributed by atoms with Crippen molar-refractivity contribution in [3.05, 3.63) is 59.7 Å². The predicted octanol–water partition coefficient (Wildman–Crippen LogP) is 2.29. The number of hydrogen-bond acceptors (Lipinski definition) is 9. The van der Waals surface area contributed by atoms with Gasteiger partial charge < -0.3 is 14.4 Å². The highest BCUT2D eigenvalue weighted by Gasteiger charge is 2.15. The van der Waals surface area contributed by atoms with Crippen LogP contribution in [0, 0.1) is 22.7 Å². The van der Waals surface area contributed by atoms with Crippen LogP contribution in [-0.4, -0.2) is 46.4 Å². The molecule has 0 aromatic heterocycles. The van der Waals surface area contributed by atoms with E-state index in [2.05, 4.69) is 15.1 Å². The van der Waals surface area contributed by atoms with E-state index in [0.29, 0.717) is 16.9 Å². The van der Waals surface area contributed by atoms with E-state index in [1.165, 1.54) is 32.4 Å². The molecular weight excluding hydrogens is 408 g/mol. The molecule has 0 atom stereocenters. The topological polar surface area (TPSA) is 134 Å². The predicted molar refractivity (Wildman–Crippen MR) is 109 cm³/mol. The zero-order chi connectivity index (χ0) is 22.0. The lowest BCUT2D eigenvalue weighted by Crippen LogP contribution is -2.12. The van der Waals surface area contributed by atoms with Crippen LogP contribution in [0.1, 0.15) is 11.1 Å². The first-order chi connectivity index (χ1) is 14.4. The third-order valence-electron chi connectivity index (χ3n) is 3.82. The SMILES string of the molecule is CO/N=C(\C#N)c1cccc(/C(C#N)=N\OCCS(=O)(=O)c2ccc(OC)cc2)c1. The number of hydrogen-bond donors (Lipinski definition) is 0. The molecule has 0 aliphatic rings. The molecular formula is C20H18N4O5S. The fraction of sp³-hybridized carbons (Fsp3) is 0.200. The van der Waals surface area contributed by atoms with E-state index in [9.17, 15) is 13.7 Å². The molecule has 10 heteroatoms. The quantitative estimate of drug-likeness (QED) is 0.341. The lowest BCUT2D eigenvalue weighted by molar-refractivity contribution is 0.161. The summed E-state index contributed by atoms with van der Waals surface area (Å²) in [6.45, 7) is -0.242. The zero-order valence-electron chi connectivity index (χ0n) is 16.3. The Morgan fingerprint density at radius 2 is 1.57 bits per heavy atom.